The molecule has 0 bridgehead atoms. The Morgan fingerprint density at radius 3 is 2.73 bits per heavy atom. The molecule has 0 radical (unpaired) electrons. The standard InChI is InChI=1S/C20H25NO/c1-3-22-19-11-7-10-17(12-19)15(2)21-14-18-13-20(18)16-8-5-4-6-9-16/h4-12,15,18,20-21H,3,13-14H2,1-2H3/t15-,18+,20+/m1/s1. The Labute approximate surface area is 133 Å². The summed E-state index contributed by atoms with van der Waals surface area (Å²) in [5.41, 5.74) is 2.78. The van der Waals surface area contributed by atoms with Crippen LogP contribution in [0.15, 0.2) is 54.6 Å². The first kappa shape index (κ1) is 15.1. The van der Waals surface area contributed by atoms with Crippen LogP contribution in [0.1, 0.15) is 43.4 Å². The lowest BCUT2D eigenvalue weighted by Gasteiger charge is -2.15. The minimum absolute atomic E-state index is 0.359. The Kier molecular flexibility index (Phi) is 4.79. The van der Waals surface area contributed by atoms with Gasteiger partial charge in [0.15, 0.2) is 0 Å². The van der Waals surface area contributed by atoms with Gasteiger partial charge in [0.25, 0.3) is 0 Å². The zero-order chi connectivity index (χ0) is 15.4. The lowest BCUT2D eigenvalue weighted by Crippen LogP contribution is -2.21. The Bertz CT molecular complexity index is 596. The normalized spacial score (nSPS) is 21.4. The van der Waals surface area contributed by atoms with Crippen LogP contribution in [-0.2, 0) is 0 Å². The summed E-state index contributed by atoms with van der Waals surface area (Å²) >= 11 is 0. The zero-order valence-electron chi connectivity index (χ0n) is 13.5. The van der Waals surface area contributed by atoms with E-state index in [0.717, 1.165) is 24.1 Å². The Hall–Kier alpha value is -1.80. The molecule has 0 spiro atoms. The second-order valence-corrected chi connectivity index (χ2v) is 6.15. The molecule has 1 aliphatic carbocycles. The molecule has 1 N–H and O–H groups in total. The summed E-state index contributed by atoms with van der Waals surface area (Å²) < 4.78 is 5.58. The topological polar surface area (TPSA) is 21.3 Å². The molecule has 3 atom stereocenters. The number of nitrogens with one attached hydrogen (secondary N) is 1. The number of hydrogen-bond donors (Lipinski definition) is 1. The first-order valence-electron chi connectivity index (χ1n) is 8.29. The third-order valence-corrected chi connectivity index (χ3v) is 4.51. The van der Waals surface area contributed by atoms with E-state index in [1.54, 1.807) is 0 Å². The molecule has 1 saturated carbocycles. The molecular weight excluding hydrogens is 270 g/mol. The van der Waals surface area contributed by atoms with Gasteiger partial charge in [0.1, 0.15) is 5.75 Å². The molecule has 0 aliphatic heterocycles. The van der Waals surface area contributed by atoms with Crippen LogP contribution >= 0.6 is 0 Å². The Balaban J connectivity index is 1.51. The highest BCUT2D eigenvalue weighted by Gasteiger charge is 2.37. The largest absolute Gasteiger partial charge is 0.494 e. The molecule has 2 aromatic carbocycles. The first-order chi connectivity index (χ1) is 10.8. The number of ether oxygens (including phenoxy) is 1. The van der Waals surface area contributed by atoms with Crippen molar-refractivity contribution in [2.45, 2.75) is 32.2 Å². The van der Waals surface area contributed by atoms with Crippen LogP contribution in [0.3, 0.4) is 0 Å². The number of benzene rings is 2. The van der Waals surface area contributed by atoms with Crippen molar-refractivity contribution >= 4 is 0 Å². The van der Waals surface area contributed by atoms with E-state index in [9.17, 15) is 0 Å². The summed E-state index contributed by atoms with van der Waals surface area (Å²) in [4.78, 5) is 0. The molecule has 116 valence electrons. The van der Waals surface area contributed by atoms with Gasteiger partial charge in [-0.15, -0.1) is 0 Å². The average molecular weight is 295 g/mol. The van der Waals surface area contributed by atoms with E-state index in [1.165, 1.54) is 17.5 Å². The lowest BCUT2D eigenvalue weighted by atomic mass is 10.1. The summed E-state index contributed by atoms with van der Waals surface area (Å²) in [6.45, 7) is 6.04. The minimum Gasteiger partial charge on any atom is -0.494 e. The molecule has 3 rings (SSSR count). The third-order valence-electron chi connectivity index (χ3n) is 4.51. The van der Waals surface area contributed by atoms with Crippen molar-refractivity contribution in [1.82, 2.24) is 5.32 Å². The van der Waals surface area contributed by atoms with Crippen molar-refractivity contribution in [3.63, 3.8) is 0 Å². The molecule has 1 aliphatic rings. The molecule has 0 saturated heterocycles. The molecule has 0 amide bonds. The quantitative estimate of drug-likeness (QED) is 0.809. The van der Waals surface area contributed by atoms with Crippen molar-refractivity contribution in [3.05, 3.63) is 65.7 Å². The van der Waals surface area contributed by atoms with Crippen LogP contribution in [0.4, 0.5) is 0 Å². The molecule has 0 aromatic heterocycles. The van der Waals surface area contributed by atoms with Crippen LogP contribution in [0.2, 0.25) is 0 Å². The highest BCUT2D eigenvalue weighted by molar-refractivity contribution is 5.30. The van der Waals surface area contributed by atoms with Gasteiger partial charge in [0, 0.05) is 6.04 Å². The minimum atomic E-state index is 0.359. The summed E-state index contributed by atoms with van der Waals surface area (Å²) in [5, 5.41) is 3.67. The molecule has 0 heterocycles. The van der Waals surface area contributed by atoms with Gasteiger partial charge in [-0.1, -0.05) is 42.5 Å². The maximum atomic E-state index is 5.58. The van der Waals surface area contributed by atoms with Gasteiger partial charge in [-0.2, -0.15) is 0 Å². The van der Waals surface area contributed by atoms with Crippen LogP contribution in [0.25, 0.3) is 0 Å². The molecule has 2 aromatic rings. The molecule has 2 nitrogen and oxygen atoms in total. The second-order valence-electron chi connectivity index (χ2n) is 6.15. The highest BCUT2D eigenvalue weighted by Crippen LogP contribution is 2.47. The fourth-order valence-corrected chi connectivity index (χ4v) is 3.07. The van der Waals surface area contributed by atoms with E-state index in [4.69, 9.17) is 4.74 Å². The van der Waals surface area contributed by atoms with E-state index >= 15 is 0 Å². The van der Waals surface area contributed by atoms with Gasteiger partial charge < -0.3 is 10.1 Å². The van der Waals surface area contributed by atoms with Crippen LogP contribution in [0, 0.1) is 5.92 Å². The van der Waals surface area contributed by atoms with E-state index in [-0.39, 0.29) is 0 Å². The smallest absolute Gasteiger partial charge is 0.119 e. The molecular formula is C20H25NO. The average Bonchev–Trinajstić information content (AvgIpc) is 3.34. The van der Waals surface area contributed by atoms with Crippen molar-refractivity contribution in [2.24, 2.45) is 5.92 Å². The molecule has 0 unspecified atom stereocenters. The monoisotopic (exact) mass is 295 g/mol. The summed E-state index contributed by atoms with van der Waals surface area (Å²) in [6.07, 6.45) is 1.31. The third kappa shape index (κ3) is 3.69. The van der Waals surface area contributed by atoms with Crippen LogP contribution < -0.4 is 10.1 Å². The maximum Gasteiger partial charge on any atom is 0.119 e. The lowest BCUT2D eigenvalue weighted by molar-refractivity contribution is 0.339. The van der Waals surface area contributed by atoms with Gasteiger partial charge in [-0.05, 0) is 61.9 Å². The van der Waals surface area contributed by atoms with Gasteiger partial charge in [-0.3, -0.25) is 0 Å². The van der Waals surface area contributed by atoms with Gasteiger partial charge in [0.05, 0.1) is 6.61 Å². The van der Waals surface area contributed by atoms with E-state index in [1.807, 2.05) is 13.0 Å². The Morgan fingerprint density at radius 2 is 1.95 bits per heavy atom. The summed E-state index contributed by atoms with van der Waals surface area (Å²) in [7, 11) is 0. The van der Waals surface area contributed by atoms with Crippen LogP contribution in [0.5, 0.6) is 5.75 Å². The van der Waals surface area contributed by atoms with Crippen molar-refractivity contribution in [3.8, 4) is 5.75 Å². The van der Waals surface area contributed by atoms with Crippen LogP contribution in [-0.4, -0.2) is 13.2 Å². The number of hydrogen-bond acceptors (Lipinski definition) is 2. The van der Waals surface area contributed by atoms with E-state index in [2.05, 4.69) is 60.8 Å². The maximum absolute atomic E-state index is 5.58. The molecule has 2 heteroatoms. The van der Waals surface area contributed by atoms with Gasteiger partial charge in [-0.25, -0.2) is 0 Å². The van der Waals surface area contributed by atoms with Crippen molar-refractivity contribution in [2.75, 3.05) is 13.2 Å². The second kappa shape index (κ2) is 6.97. The zero-order valence-corrected chi connectivity index (χ0v) is 13.5. The van der Waals surface area contributed by atoms with Crippen molar-refractivity contribution in [1.29, 1.82) is 0 Å². The van der Waals surface area contributed by atoms with E-state index in [0.29, 0.717) is 12.6 Å². The molecule has 1 fully saturated rings. The Morgan fingerprint density at radius 1 is 1.14 bits per heavy atom. The van der Waals surface area contributed by atoms with Crippen molar-refractivity contribution < 1.29 is 4.74 Å². The first-order valence-corrected chi connectivity index (χ1v) is 8.29. The fraction of sp³-hybridized carbons (Fsp3) is 0.400. The summed E-state index contributed by atoms with van der Waals surface area (Å²) in [5.74, 6) is 2.48. The highest BCUT2D eigenvalue weighted by atomic mass is 16.5. The summed E-state index contributed by atoms with van der Waals surface area (Å²) in [6, 6.07) is 19.6. The molecule has 22 heavy (non-hydrogen) atoms. The predicted molar refractivity (Wildman–Crippen MR) is 91.3 cm³/mol. The van der Waals surface area contributed by atoms with E-state index < -0.39 is 0 Å². The SMILES string of the molecule is CCOc1cccc([C@@H](C)NC[C@@H]2C[C@H]2c2ccccc2)c1. The number of rotatable bonds is 7. The predicted octanol–water partition coefficient (Wildman–Crippen LogP) is 4.54. The fourth-order valence-electron chi connectivity index (χ4n) is 3.07. The van der Waals surface area contributed by atoms with Gasteiger partial charge in [0.2, 0.25) is 0 Å². The van der Waals surface area contributed by atoms with Gasteiger partial charge >= 0.3 is 0 Å².